The van der Waals surface area contributed by atoms with E-state index in [-0.39, 0.29) is 0 Å². The zero-order valence-electron chi connectivity index (χ0n) is 15.4. The molecule has 0 aliphatic heterocycles. The van der Waals surface area contributed by atoms with E-state index in [4.69, 9.17) is 9.47 Å². The Morgan fingerprint density at radius 1 is 0.769 bits per heavy atom. The molecule has 0 fully saturated rings. The van der Waals surface area contributed by atoms with Gasteiger partial charge in [0.15, 0.2) is 11.5 Å². The lowest BCUT2D eigenvalue weighted by Crippen LogP contribution is -2.03. The minimum absolute atomic E-state index is 0.530. The molecule has 0 atom stereocenters. The second-order valence-electron chi connectivity index (χ2n) is 6.21. The van der Waals surface area contributed by atoms with Crippen LogP contribution in [0.4, 0.5) is 5.69 Å². The summed E-state index contributed by atoms with van der Waals surface area (Å²) in [5.74, 6) is 1.56. The first kappa shape index (κ1) is 17.9. The van der Waals surface area contributed by atoms with Gasteiger partial charge in [0, 0.05) is 12.2 Å². The van der Waals surface area contributed by atoms with Crippen LogP contribution >= 0.6 is 0 Å². The Kier molecular flexibility index (Phi) is 6.15. The van der Waals surface area contributed by atoms with Crippen molar-refractivity contribution in [2.24, 2.45) is 0 Å². The van der Waals surface area contributed by atoms with Crippen molar-refractivity contribution in [3.05, 3.63) is 89.5 Å². The molecule has 3 aromatic carbocycles. The van der Waals surface area contributed by atoms with Crippen molar-refractivity contribution in [2.45, 2.75) is 27.0 Å². The third-order valence-corrected chi connectivity index (χ3v) is 4.09. The molecule has 0 aliphatic rings. The van der Waals surface area contributed by atoms with E-state index in [9.17, 15) is 0 Å². The summed E-state index contributed by atoms with van der Waals surface area (Å²) in [6.45, 7) is 5.95. The summed E-state index contributed by atoms with van der Waals surface area (Å²) in [5, 5.41) is 3.44. The predicted octanol–water partition coefficient (Wildman–Crippen LogP) is 5.58. The predicted molar refractivity (Wildman–Crippen MR) is 107 cm³/mol. The summed E-state index contributed by atoms with van der Waals surface area (Å²) in [4.78, 5) is 0. The molecule has 0 bridgehead atoms. The van der Waals surface area contributed by atoms with Crippen molar-refractivity contribution in [1.82, 2.24) is 0 Å². The van der Waals surface area contributed by atoms with Crippen LogP contribution in [0.2, 0.25) is 0 Å². The molecule has 3 nitrogen and oxygen atoms in total. The monoisotopic (exact) mass is 347 g/mol. The van der Waals surface area contributed by atoms with Crippen molar-refractivity contribution in [3.8, 4) is 11.5 Å². The van der Waals surface area contributed by atoms with Gasteiger partial charge in [0.2, 0.25) is 0 Å². The smallest absolute Gasteiger partial charge is 0.161 e. The van der Waals surface area contributed by atoms with Crippen LogP contribution in [0.3, 0.4) is 0 Å². The highest BCUT2D eigenvalue weighted by atomic mass is 16.5. The van der Waals surface area contributed by atoms with Crippen LogP contribution in [0.1, 0.15) is 23.6 Å². The third kappa shape index (κ3) is 5.03. The van der Waals surface area contributed by atoms with Crippen molar-refractivity contribution in [1.29, 1.82) is 0 Å². The Bertz CT molecular complexity index is 813. The zero-order valence-corrected chi connectivity index (χ0v) is 15.4. The quantitative estimate of drug-likeness (QED) is 0.576. The number of rotatable bonds is 8. The summed E-state index contributed by atoms with van der Waals surface area (Å²) in [6.07, 6.45) is 0. The molecule has 0 radical (unpaired) electrons. The molecule has 1 N–H and O–H groups in total. The molecule has 0 unspecified atom stereocenters. The molecule has 3 aromatic rings. The standard InChI is InChI=1S/C23H25NO2/c1-3-25-23-15-20(16-24-21-12-9-18(2)10-13-21)11-14-22(23)26-17-19-7-5-4-6-8-19/h4-15,24H,3,16-17H2,1-2H3. The lowest BCUT2D eigenvalue weighted by atomic mass is 10.2. The highest BCUT2D eigenvalue weighted by Gasteiger charge is 2.07. The van der Waals surface area contributed by atoms with Gasteiger partial charge in [-0.1, -0.05) is 54.1 Å². The fraction of sp³-hybridized carbons (Fsp3) is 0.217. The molecule has 0 saturated heterocycles. The zero-order chi connectivity index (χ0) is 18.2. The second-order valence-corrected chi connectivity index (χ2v) is 6.21. The number of benzene rings is 3. The van der Waals surface area contributed by atoms with Gasteiger partial charge < -0.3 is 14.8 Å². The molecular weight excluding hydrogens is 322 g/mol. The van der Waals surface area contributed by atoms with Gasteiger partial charge in [-0.15, -0.1) is 0 Å². The summed E-state index contributed by atoms with van der Waals surface area (Å²) >= 11 is 0. The van der Waals surface area contributed by atoms with Crippen LogP contribution in [0.25, 0.3) is 0 Å². The maximum absolute atomic E-state index is 5.96. The maximum atomic E-state index is 5.96. The number of nitrogens with one attached hydrogen (secondary N) is 1. The highest BCUT2D eigenvalue weighted by molar-refractivity contribution is 5.47. The van der Waals surface area contributed by atoms with Crippen LogP contribution in [-0.4, -0.2) is 6.61 Å². The number of ether oxygens (including phenoxy) is 2. The first-order valence-electron chi connectivity index (χ1n) is 8.97. The van der Waals surface area contributed by atoms with Crippen LogP contribution in [0, 0.1) is 6.92 Å². The minimum atomic E-state index is 0.530. The normalized spacial score (nSPS) is 10.4. The van der Waals surface area contributed by atoms with Gasteiger partial charge in [-0.25, -0.2) is 0 Å². The fourth-order valence-electron chi connectivity index (χ4n) is 2.66. The molecule has 0 heterocycles. The second kappa shape index (κ2) is 8.95. The number of anilines is 1. The van der Waals surface area contributed by atoms with E-state index in [1.54, 1.807) is 0 Å². The average molecular weight is 347 g/mol. The number of aryl methyl sites for hydroxylation is 1. The van der Waals surface area contributed by atoms with E-state index >= 15 is 0 Å². The Balaban J connectivity index is 1.66. The molecule has 0 aromatic heterocycles. The van der Waals surface area contributed by atoms with Gasteiger partial charge in [-0.2, -0.15) is 0 Å². The van der Waals surface area contributed by atoms with Gasteiger partial charge in [0.05, 0.1) is 6.61 Å². The fourth-order valence-corrected chi connectivity index (χ4v) is 2.66. The molecular formula is C23H25NO2. The molecule has 0 aliphatic carbocycles. The molecule has 134 valence electrons. The van der Waals surface area contributed by atoms with E-state index in [2.05, 4.69) is 54.7 Å². The van der Waals surface area contributed by atoms with Crippen molar-refractivity contribution >= 4 is 5.69 Å². The molecule has 0 spiro atoms. The summed E-state index contributed by atoms with van der Waals surface area (Å²) in [6, 6.07) is 24.7. The lowest BCUT2D eigenvalue weighted by molar-refractivity contribution is 0.269. The van der Waals surface area contributed by atoms with Gasteiger partial charge in [0.1, 0.15) is 6.61 Å². The van der Waals surface area contributed by atoms with E-state index in [1.807, 2.05) is 37.3 Å². The van der Waals surface area contributed by atoms with Crippen molar-refractivity contribution in [3.63, 3.8) is 0 Å². The van der Waals surface area contributed by atoms with E-state index < -0.39 is 0 Å². The maximum Gasteiger partial charge on any atom is 0.161 e. The molecule has 0 amide bonds. The van der Waals surface area contributed by atoms with Gasteiger partial charge >= 0.3 is 0 Å². The van der Waals surface area contributed by atoms with Crippen molar-refractivity contribution < 1.29 is 9.47 Å². The molecule has 0 saturated carbocycles. The Labute approximate surface area is 155 Å². The number of hydrogen-bond donors (Lipinski definition) is 1. The van der Waals surface area contributed by atoms with Gasteiger partial charge in [-0.3, -0.25) is 0 Å². The highest BCUT2D eigenvalue weighted by Crippen LogP contribution is 2.29. The lowest BCUT2D eigenvalue weighted by Gasteiger charge is -2.14. The van der Waals surface area contributed by atoms with E-state index in [1.165, 1.54) is 5.56 Å². The number of hydrogen-bond acceptors (Lipinski definition) is 3. The average Bonchev–Trinajstić information content (AvgIpc) is 2.68. The van der Waals surface area contributed by atoms with E-state index in [0.717, 1.165) is 34.9 Å². The van der Waals surface area contributed by atoms with Crippen molar-refractivity contribution in [2.75, 3.05) is 11.9 Å². The molecule has 26 heavy (non-hydrogen) atoms. The van der Waals surface area contributed by atoms with Gasteiger partial charge in [-0.05, 0) is 49.2 Å². The van der Waals surface area contributed by atoms with Crippen LogP contribution in [0.5, 0.6) is 11.5 Å². The molecule has 3 rings (SSSR count). The first-order valence-corrected chi connectivity index (χ1v) is 8.97. The Hall–Kier alpha value is -2.94. The topological polar surface area (TPSA) is 30.5 Å². The molecule has 3 heteroatoms. The first-order chi connectivity index (χ1) is 12.7. The Morgan fingerprint density at radius 3 is 2.27 bits per heavy atom. The summed E-state index contributed by atoms with van der Waals surface area (Å²) in [5.41, 5.74) is 4.66. The van der Waals surface area contributed by atoms with E-state index in [0.29, 0.717) is 13.2 Å². The van der Waals surface area contributed by atoms with Gasteiger partial charge in [0.25, 0.3) is 0 Å². The SMILES string of the molecule is CCOc1cc(CNc2ccc(C)cc2)ccc1OCc1ccccc1. The Morgan fingerprint density at radius 2 is 1.54 bits per heavy atom. The summed E-state index contributed by atoms with van der Waals surface area (Å²) < 4.78 is 11.7. The minimum Gasteiger partial charge on any atom is -0.490 e. The summed E-state index contributed by atoms with van der Waals surface area (Å²) in [7, 11) is 0. The van der Waals surface area contributed by atoms with Crippen LogP contribution in [-0.2, 0) is 13.2 Å². The van der Waals surface area contributed by atoms with Crippen LogP contribution < -0.4 is 14.8 Å². The third-order valence-electron chi connectivity index (χ3n) is 4.09. The largest absolute Gasteiger partial charge is 0.490 e. The van der Waals surface area contributed by atoms with Crippen LogP contribution in [0.15, 0.2) is 72.8 Å².